The van der Waals surface area contributed by atoms with Crippen LogP contribution in [0.3, 0.4) is 0 Å². The Hall–Kier alpha value is -0.340. The van der Waals surface area contributed by atoms with Gasteiger partial charge in [0.25, 0.3) is 0 Å². The smallest absolute Gasteiger partial charge is 0.0565 e. The molecule has 0 aromatic rings. The van der Waals surface area contributed by atoms with Crippen molar-refractivity contribution in [1.29, 1.82) is 0 Å². The lowest BCUT2D eigenvalue weighted by Crippen LogP contribution is -2.41. The van der Waals surface area contributed by atoms with Gasteiger partial charge in [0, 0.05) is 12.6 Å². The third kappa shape index (κ3) is 4.25. The predicted octanol–water partition coefficient (Wildman–Crippen LogP) is 2.50. The summed E-state index contributed by atoms with van der Waals surface area (Å²) < 4.78 is 5.69. The van der Waals surface area contributed by atoms with Crippen LogP contribution >= 0.6 is 0 Å². The van der Waals surface area contributed by atoms with Crippen LogP contribution in [0.1, 0.15) is 40.5 Å². The van der Waals surface area contributed by atoms with Crippen LogP contribution in [0, 0.1) is 0 Å². The number of hydrogen-bond acceptors (Lipinski definition) is 2. The van der Waals surface area contributed by atoms with Crippen LogP contribution < -0.4 is 5.32 Å². The SMILES string of the molecule is CC(C)=CCNC1CC(C)OC(C)C1. The summed E-state index contributed by atoms with van der Waals surface area (Å²) in [5.41, 5.74) is 1.38. The van der Waals surface area contributed by atoms with E-state index in [1.165, 1.54) is 5.57 Å². The molecule has 0 bridgehead atoms. The first-order valence-electron chi connectivity index (χ1n) is 5.60. The summed E-state index contributed by atoms with van der Waals surface area (Å²) in [6, 6.07) is 0.629. The van der Waals surface area contributed by atoms with Gasteiger partial charge in [-0.2, -0.15) is 0 Å². The Balaban J connectivity index is 2.27. The fraction of sp³-hybridized carbons (Fsp3) is 0.833. The van der Waals surface area contributed by atoms with Crippen LogP contribution in [0.25, 0.3) is 0 Å². The zero-order valence-electron chi connectivity index (χ0n) is 9.84. The van der Waals surface area contributed by atoms with E-state index in [2.05, 4.69) is 39.1 Å². The molecular formula is C12H23NO. The third-order valence-electron chi connectivity index (χ3n) is 2.61. The average molecular weight is 197 g/mol. The van der Waals surface area contributed by atoms with Crippen LogP contribution in [0.2, 0.25) is 0 Å². The molecule has 0 spiro atoms. The van der Waals surface area contributed by atoms with Crippen molar-refractivity contribution in [2.24, 2.45) is 0 Å². The highest BCUT2D eigenvalue weighted by atomic mass is 16.5. The van der Waals surface area contributed by atoms with E-state index in [4.69, 9.17) is 4.74 Å². The minimum absolute atomic E-state index is 0.406. The molecule has 14 heavy (non-hydrogen) atoms. The lowest BCUT2D eigenvalue weighted by atomic mass is 10.00. The molecule has 1 saturated heterocycles. The summed E-state index contributed by atoms with van der Waals surface area (Å²) in [6.07, 6.45) is 5.33. The van der Waals surface area contributed by atoms with E-state index in [-0.39, 0.29) is 0 Å². The van der Waals surface area contributed by atoms with E-state index in [1.807, 2.05) is 0 Å². The summed E-state index contributed by atoms with van der Waals surface area (Å²) in [5.74, 6) is 0. The van der Waals surface area contributed by atoms with E-state index in [1.54, 1.807) is 0 Å². The lowest BCUT2D eigenvalue weighted by Gasteiger charge is -2.32. The minimum Gasteiger partial charge on any atom is -0.375 e. The van der Waals surface area contributed by atoms with Crippen LogP contribution in [0.15, 0.2) is 11.6 Å². The second-order valence-electron chi connectivity index (χ2n) is 4.62. The molecule has 0 radical (unpaired) electrons. The van der Waals surface area contributed by atoms with Gasteiger partial charge in [-0.15, -0.1) is 0 Å². The second-order valence-corrected chi connectivity index (χ2v) is 4.62. The maximum atomic E-state index is 5.69. The maximum absolute atomic E-state index is 5.69. The van der Waals surface area contributed by atoms with Gasteiger partial charge < -0.3 is 10.1 Å². The van der Waals surface area contributed by atoms with E-state index in [0.717, 1.165) is 19.4 Å². The fourth-order valence-corrected chi connectivity index (χ4v) is 2.00. The highest BCUT2D eigenvalue weighted by molar-refractivity contribution is 4.95. The molecule has 0 aromatic heterocycles. The average Bonchev–Trinajstić information content (AvgIpc) is 2.01. The van der Waals surface area contributed by atoms with Gasteiger partial charge in [0.15, 0.2) is 0 Å². The Morgan fingerprint density at radius 1 is 1.29 bits per heavy atom. The summed E-state index contributed by atoms with van der Waals surface area (Å²) >= 11 is 0. The first kappa shape index (κ1) is 11.7. The Bertz CT molecular complexity index is 186. The first-order valence-corrected chi connectivity index (χ1v) is 5.60. The van der Waals surface area contributed by atoms with Crippen molar-refractivity contribution in [1.82, 2.24) is 5.32 Å². The van der Waals surface area contributed by atoms with Gasteiger partial charge in [0.05, 0.1) is 12.2 Å². The molecule has 0 aliphatic carbocycles. The monoisotopic (exact) mass is 197 g/mol. The van der Waals surface area contributed by atoms with Crippen molar-refractivity contribution in [2.75, 3.05) is 6.54 Å². The zero-order chi connectivity index (χ0) is 10.6. The quantitative estimate of drug-likeness (QED) is 0.702. The number of rotatable bonds is 3. The maximum Gasteiger partial charge on any atom is 0.0565 e. The number of ether oxygens (including phenoxy) is 1. The second kappa shape index (κ2) is 5.52. The zero-order valence-corrected chi connectivity index (χ0v) is 9.84. The van der Waals surface area contributed by atoms with Crippen LogP contribution in [0.5, 0.6) is 0 Å². The van der Waals surface area contributed by atoms with Crippen LogP contribution in [-0.2, 0) is 4.74 Å². The Labute approximate surface area is 87.7 Å². The standard InChI is InChI=1S/C12H23NO/c1-9(2)5-6-13-12-7-10(3)14-11(4)8-12/h5,10-13H,6-8H2,1-4H3. The highest BCUT2D eigenvalue weighted by Gasteiger charge is 2.23. The Morgan fingerprint density at radius 3 is 2.36 bits per heavy atom. The molecule has 1 aliphatic rings. The molecule has 0 aromatic carbocycles. The molecule has 1 N–H and O–H groups in total. The highest BCUT2D eigenvalue weighted by Crippen LogP contribution is 2.18. The number of allylic oxidation sites excluding steroid dienone is 1. The molecule has 2 heteroatoms. The lowest BCUT2D eigenvalue weighted by molar-refractivity contribution is -0.0415. The van der Waals surface area contributed by atoms with Gasteiger partial charge in [-0.05, 0) is 40.5 Å². The molecule has 2 nitrogen and oxygen atoms in total. The van der Waals surface area contributed by atoms with E-state index in [0.29, 0.717) is 18.2 Å². The van der Waals surface area contributed by atoms with E-state index >= 15 is 0 Å². The molecule has 1 rings (SSSR count). The number of nitrogens with one attached hydrogen (secondary N) is 1. The first-order chi connectivity index (χ1) is 6.58. The normalized spacial score (nSPS) is 32.7. The molecule has 0 amide bonds. The molecule has 0 saturated carbocycles. The molecular weight excluding hydrogens is 174 g/mol. The van der Waals surface area contributed by atoms with Gasteiger partial charge in [-0.1, -0.05) is 11.6 Å². The predicted molar refractivity (Wildman–Crippen MR) is 60.5 cm³/mol. The van der Waals surface area contributed by atoms with Crippen LogP contribution in [0.4, 0.5) is 0 Å². The Kier molecular flexibility index (Phi) is 4.63. The molecule has 1 heterocycles. The minimum atomic E-state index is 0.406. The molecule has 1 fully saturated rings. The largest absolute Gasteiger partial charge is 0.375 e. The van der Waals surface area contributed by atoms with Crippen molar-refractivity contribution < 1.29 is 4.74 Å². The molecule has 1 aliphatic heterocycles. The molecule has 82 valence electrons. The fourth-order valence-electron chi connectivity index (χ4n) is 2.00. The van der Waals surface area contributed by atoms with Crippen molar-refractivity contribution in [3.8, 4) is 0 Å². The van der Waals surface area contributed by atoms with Gasteiger partial charge in [-0.3, -0.25) is 0 Å². The van der Waals surface area contributed by atoms with Crippen LogP contribution in [-0.4, -0.2) is 24.8 Å². The van der Waals surface area contributed by atoms with E-state index < -0.39 is 0 Å². The summed E-state index contributed by atoms with van der Waals surface area (Å²) in [4.78, 5) is 0. The third-order valence-corrected chi connectivity index (χ3v) is 2.61. The summed E-state index contributed by atoms with van der Waals surface area (Å²) in [5, 5.41) is 3.56. The molecule has 2 atom stereocenters. The summed E-state index contributed by atoms with van der Waals surface area (Å²) in [7, 11) is 0. The summed E-state index contributed by atoms with van der Waals surface area (Å²) in [6.45, 7) is 9.58. The van der Waals surface area contributed by atoms with E-state index in [9.17, 15) is 0 Å². The van der Waals surface area contributed by atoms with Gasteiger partial charge in [-0.25, -0.2) is 0 Å². The van der Waals surface area contributed by atoms with Gasteiger partial charge in [0.2, 0.25) is 0 Å². The Morgan fingerprint density at radius 2 is 1.86 bits per heavy atom. The van der Waals surface area contributed by atoms with Crippen molar-refractivity contribution >= 4 is 0 Å². The van der Waals surface area contributed by atoms with Crippen molar-refractivity contribution in [2.45, 2.75) is 58.8 Å². The number of hydrogen-bond donors (Lipinski definition) is 1. The van der Waals surface area contributed by atoms with Crippen molar-refractivity contribution in [3.05, 3.63) is 11.6 Å². The topological polar surface area (TPSA) is 21.3 Å². The van der Waals surface area contributed by atoms with Gasteiger partial charge >= 0.3 is 0 Å². The molecule has 2 unspecified atom stereocenters. The van der Waals surface area contributed by atoms with Crippen molar-refractivity contribution in [3.63, 3.8) is 0 Å². The van der Waals surface area contributed by atoms with Gasteiger partial charge in [0.1, 0.15) is 0 Å².